The lowest BCUT2D eigenvalue weighted by Gasteiger charge is -2.09. The van der Waals surface area contributed by atoms with E-state index in [0.717, 1.165) is 24.0 Å². The molecule has 150 valence electrons. The van der Waals surface area contributed by atoms with Gasteiger partial charge in [0.05, 0.1) is 6.54 Å². The lowest BCUT2D eigenvalue weighted by molar-refractivity contribution is 0.0945. The monoisotopic (exact) mass is 397 g/mol. The molecule has 0 aliphatic rings. The molecule has 0 unspecified atom stereocenters. The van der Waals surface area contributed by atoms with Crippen LogP contribution in [0.1, 0.15) is 32.9 Å². The average molecular weight is 397 g/mol. The molecule has 0 bridgehead atoms. The third-order valence-corrected chi connectivity index (χ3v) is 4.97. The summed E-state index contributed by atoms with van der Waals surface area (Å²) in [5.41, 5.74) is 4.99. The van der Waals surface area contributed by atoms with Gasteiger partial charge in [0.1, 0.15) is 0 Å². The SMILES string of the molecule is Cc1ccc(-c2noc(CNC(=O)c3ccccc3CCc3ccccc3)n2)cc1. The van der Waals surface area contributed by atoms with Crippen molar-refractivity contribution in [3.63, 3.8) is 0 Å². The lowest BCUT2D eigenvalue weighted by atomic mass is 9.99. The van der Waals surface area contributed by atoms with Gasteiger partial charge < -0.3 is 9.84 Å². The summed E-state index contributed by atoms with van der Waals surface area (Å²) in [6.07, 6.45) is 1.68. The van der Waals surface area contributed by atoms with E-state index in [1.54, 1.807) is 0 Å². The molecule has 1 amide bonds. The number of nitrogens with zero attached hydrogens (tertiary/aromatic N) is 2. The summed E-state index contributed by atoms with van der Waals surface area (Å²) < 4.78 is 5.30. The van der Waals surface area contributed by atoms with Gasteiger partial charge in [-0.05, 0) is 37.0 Å². The van der Waals surface area contributed by atoms with Crippen LogP contribution in [-0.4, -0.2) is 16.0 Å². The van der Waals surface area contributed by atoms with Crippen molar-refractivity contribution < 1.29 is 9.32 Å². The minimum absolute atomic E-state index is 0.145. The van der Waals surface area contributed by atoms with Gasteiger partial charge >= 0.3 is 0 Å². The number of amides is 1. The average Bonchev–Trinajstić information content (AvgIpc) is 3.26. The van der Waals surface area contributed by atoms with E-state index in [1.165, 1.54) is 11.1 Å². The lowest BCUT2D eigenvalue weighted by Crippen LogP contribution is -2.24. The van der Waals surface area contributed by atoms with Gasteiger partial charge in [-0.15, -0.1) is 0 Å². The zero-order valence-corrected chi connectivity index (χ0v) is 16.8. The van der Waals surface area contributed by atoms with Crippen LogP contribution < -0.4 is 5.32 Å². The molecule has 0 spiro atoms. The highest BCUT2D eigenvalue weighted by atomic mass is 16.5. The van der Waals surface area contributed by atoms with E-state index >= 15 is 0 Å². The number of carbonyl (C=O) groups excluding carboxylic acids is 1. The first kappa shape index (κ1) is 19.6. The Morgan fingerprint density at radius 2 is 1.63 bits per heavy atom. The van der Waals surface area contributed by atoms with Gasteiger partial charge in [0.2, 0.25) is 11.7 Å². The fraction of sp³-hybridized carbons (Fsp3) is 0.160. The molecule has 1 aromatic heterocycles. The fourth-order valence-electron chi connectivity index (χ4n) is 3.28. The van der Waals surface area contributed by atoms with E-state index in [4.69, 9.17) is 4.52 Å². The Hall–Kier alpha value is -3.73. The van der Waals surface area contributed by atoms with Crippen LogP contribution in [0.2, 0.25) is 0 Å². The number of carbonyl (C=O) groups is 1. The summed E-state index contributed by atoms with van der Waals surface area (Å²) in [4.78, 5) is 17.1. The highest BCUT2D eigenvalue weighted by Crippen LogP contribution is 2.17. The molecule has 0 fully saturated rings. The Morgan fingerprint density at radius 1 is 0.900 bits per heavy atom. The summed E-state index contributed by atoms with van der Waals surface area (Å²) in [6.45, 7) is 2.21. The van der Waals surface area contributed by atoms with Crippen molar-refractivity contribution in [2.24, 2.45) is 0 Å². The maximum Gasteiger partial charge on any atom is 0.251 e. The first-order valence-corrected chi connectivity index (χ1v) is 9.99. The number of benzene rings is 3. The van der Waals surface area contributed by atoms with E-state index in [1.807, 2.05) is 73.7 Å². The van der Waals surface area contributed by atoms with Gasteiger partial charge in [-0.1, -0.05) is 83.5 Å². The molecule has 0 atom stereocenters. The third kappa shape index (κ3) is 4.81. The summed E-state index contributed by atoms with van der Waals surface area (Å²) >= 11 is 0. The summed E-state index contributed by atoms with van der Waals surface area (Å²) in [5, 5.41) is 6.90. The minimum Gasteiger partial charge on any atom is -0.343 e. The van der Waals surface area contributed by atoms with Crippen molar-refractivity contribution in [2.45, 2.75) is 26.3 Å². The van der Waals surface area contributed by atoms with Crippen molar-refractivity contribution in [1.82, 2.24) is 15.5 Å². The number of nitrogens with one attached hydrogen (secondary N) is 1. The van der Waals surface area contributed by atoms with Gasteiger partial charge in [0, 0.05) is 11.1 Å². The Labute approximate surface area is 175 Å². The molecule has 0 aliphatic carbocycles. The molecule has 30 heavy (non-hydrogen) atoms. The van der Waals surface area contributed by atoms with Crippen molar-refractivity contribution in [2.75, 3.05) is 0 Å². The van der Waals surface area contributed by atoms with Crippen LogP contribution in [0.25, 0.3) is 11.4 Å². The molecular formula is C25H23N3O2. The van der Waals surface area contributed by atoms with Crippen LogP contribution in [0.5, 0.6) is 0 Å². The van der Waals surface area contributed by atoms with E-state index in [2.05, 4.69) is 27.6 Å². The maximum absolute atomic E-state index is 12.8. The predicted molar refractivity (Wildman–Crippen MR) is 116 cm³/mol. The molecule has 0 radical (unpaired) electrons. The van der Waals surface area contributed by atoms with Gasteiger partial charge in [-0.3, -0.25) is 4.79 Å². The minimum atomic E-state index is -0.145. The fourth-order valence-corrected chi connectivity index (χ4v) is 3.28. The Kier molecular flexibility index (Phi) is 5.99. The largest absolute Gasteiger partial charge is 0.343 e. The molecular weight excluding hydrogens is 374 g/mol. The molecule has 0 aliphatic heterocycles. The predicted octanol–water partition coefficient (Wildman–Crippen LogP) is 4.76. The van der Waals surface area contributed by atoms with Gasteiger partial charge in [0.25, 0.3) is 5.91 Å². The van der Waals surface area contributed by atoms with Gasteiger partial charge in [0.15, 0.2) is 0 Å². The standard InChI is InChI=1S/C25H23N3O2/c1-18-11-14-21(15-12-18)24-27-23(30-28-24)17-26-25(29)22-10-6-5-9-20(22)16-13-19-7-3-2-4-8-19/h2-12,14-15H,13,16-17H2,1H3,(H,26,29). The maximum atomic E-state index is 12.8. The van der Waals surface area contributed by atoms with Crippen LogP contribution in [0, 0.1) is 6.92 Å². The molecule has 4 aromatic rings. The molecule has 1 N–H and O–H groups in total. The molecule has 1 heterocycles. The Bertz CT molecular complexity index is 1120. The highest BCUT2D eigenvalue weighted by molar-refractivity contribution is 5.95. The second-order valence-electron chi connectivity index (χ2n) is 7.20. The molecule has 5 heteroatoms. The number of rotatable bonds is 7. The smallest absolute Gasteiger partial charge is 0.251 e. The summed E-state index contributed by atoms with van der Waals surface area (Å²) in [5.74, 6) is 0.747. The van der Waals surface area contributed by atoms with E-state index in [-0.39, 0.29) is 12.5 Å². The summed E-state index contributed by atoms with van der Waals surface area (Å²) in [7, 11) is 0. The van der Waals surface area contributed by atoms with Crippen molar-refractivity contribution in [1.29, 1.82) is 0 Å². The molecule has 3 aromatic carbocycles. The Morgan fingerprint density at radius 3 is 2.43 bits per heavy atom. The van der Waals surface area contributed by atoms with Crippen LogP contribution >= 0.6 is 0 Å². The number of hydrogen-bond acceptors (Lipinski definition) is 4. The third-order valence-electron chi connectivity index (χ3n) is 4.97. The second kappa shape index (κ2) is 9.18. The second-order valence-corrected chi connectivity index (χ2v) is 7.20. The number of aromatic nitrogens is 2. The molecule has 5 nitrogen and oxygen atoms in total. The number of hydrogen-bond donors (Lipinski definition) is 1. The number of aryl methyl sites for hydroxylation is 3. The van der Waals surface area contributed by atoms with Crippen LogP contribution in [0.15, 0.2) is 83.4 Å². The first-order valence-electron chi connectivity index (χ1n) is 9.99. The highest BCUT2D eigenvalue weighted by Gasteiger charge is 2.13. The zero-order chi connectivity index (χ0) is 20.8. The van der Waals surface area contributed by atoms with Crippen LogP contribution in [0.3, 0.4) is 0 Å². The van der Waals surface area contributed by atoms with Crippen molar-refractivity contribution in [3.8, 4) is 11.4 Å². The van der Waals surface area contributed by atoms with Crippen LogP contribution in [-0.2, 0) is 19.4 Å². The zero-order valence-electron chi connectivity index (χ0n) is 16.8. The quantitative estimate of drug-likeness (QED) is 0.488. The molecule has 4 rings (SSSR count). The van der Waals surface area contributed by atoms with Crippen molar-refractivity contribution in [3.05, 3.63) is 107 Å². The Balaban J connectivity index is 1.39. The normalized spacial score (nSPS) is 10.7. The molecule has 0 saturated heterocycles. The molecule has 0 saturated carbocycles. The van der Waals surface area contributed by atoms with Gasteiger partial charge in [-0.2, -0.15) is 4.98 Å². The van der Waals surface area contributed by atoms with E-state index in [9.17, 15) is 4.79 Å². The summed E-state index contributed by atoms with van der Waals surface area (Å²) in [6, 6.07) is 25.9. The van der Waals surface area contributed by atoms with E-state index in [0.29, 0.717) is 17.3 Å². The van der Waals surface area contributed by atoms with Crippen LogP contribution in [0.4, 0.5) is 0 Å². The van der Waals surface area contributed by atoms with Crippen molar-refractivity contribution >= 4 is 5.91 Å². The van der Waals surface area contributed by atoms with E-state index < -0.39 is 0 Å². The topological polar surface area (TPSA) is 68.0 Å². The first-order chi connectivity index (χ1) is 14.7. The van der Waals surface area contributed by atoms with Gasteiger partial charge in [-0.25, -0.2) is 0 Å².